The molecule has 9 nitrogen and oxygen atoms in total. The van der Waals surface area contributed by atoms with Gasteiger partial charge in [-0.15, -0.1) is 0 Å². The molecule has 1 aliphatic heterocycles. The number of nitro groups is 1. The molecule has 0 aliphatic carbocycles. The Bertz CT molecular complexity index is 1030. The summed E-state index contributed by atoms with van der Waals surface area (Å²) in [7, 11) is 1.53. The number of hydrogen-bond acceptors (Lipinski definition) is 6. The number of methoxy groups -OCH3 is 1. The largest absolute Gasteiger partial charge is 0.383 e. The van der Waals surface area contributed by atoms with Crippen LogP contribution in [0.4, 0.5) is 15.8 Å². The highest BCUT2D eigenvalue weighted by atomic mass is 35.5. The van der Waals surface area contributed by atoms with Crippen LogP contribution >= 0.6 is 11.6 Å². The molecule has 0 aromatic heterocycles. The molecule has 0 radical (unpaired) electrons. The van der Waals surface area contributed by atoms with Gasteiger partial charge in [-0.25, -0.2) is 4.39 Å². The van der Waals surface area contributed by atoms with Crippen molar-refractivity contribution in [3.05, 3.63) is 68.5 Å². The highest BCUT2D eigenvalue weighted by molar-refractivity contribution is 6.33. The molecule has 1 heterocycles. The first-order valence-electron chi connectivity index (χ1n) is 9.86. The monoisotopic (exact) mass is 464 g/mol. The molecule has 0 bridgehead atoms. The van der Waals surface area contributed by atoms with Crippen LogP contribution in [0.15, 0.2) is 36.4 Å². The Morgan fingerprint density at radius 1 is 1.12 bits per heavy atom. The number of amides is 2. The third-order valence-corrected chi connectivity index (χ3v) is 5.39. The summed E-state index contributed by atoms with van der Waals surface area (Å²) in [6.45, 7) is 1.80. The van der Waals surface area contributed by atoms with E-state index < -0.39 is 10.7 Å². The van der Waals surface area contributed by atoms with Crippen LogP contribution in [0.3, 0.4) is 0 Å². The molecular weight excluding hydrogens is 443 g/mol. The van der Waals surface area contributed by atoms with Gasteiger partial charge in [0.25, 0.3) is 17.5 Å². The number of benzene rings is 2. The van der Waals surface area contributed by atoms with E-state index in [-0.39, 0.29) is 59.8 Å². The average Bonchev–Trinajstić information content (AvgIpc) is 2.78. The lowest BCUT2D eigenvalue weighted by molar-refractivity contribution is -0.384. The van der Waals surface area contributed by atoms with Gasteiger partial charge in [-0.2, -0.15) is 0 Å². The summed E-state index contributed by atoms with van der Waals surface area (Å²) >= 11 is 5.98. The van der Waals surface area contributed by atoms with Crippen molar-refractivity contribution in [2.45, 2.75) is 0 Å². The van der Waals surface area contributed by atoms with E-state index in [0.717, 1.165) is 6.07 Å². The molecule has 0 spiro atoms. The lowest BCUT2D eigenvalue weighted by Crippen LogP contribution is -2.50. The minimum absolute atomic E-state index is 0.0278. The van der Waals surface area contributed by atoms with E-state index in [2.05, 4.69) is 5.32 Å². The number of piperazine rings is 1. The summed E-state index contributed by atoms with van der Waals surface area (Å²) in [6.07, 6.45) is 0. The number of carbonyl (C=O) groups is 2. The fraction of sp³-hybridized carbons (Fsp3) is 0.333. The maximum absolute atomic E-state index is 13.2. The molecule has 1 fully saturated rings. The summed E-state index contributed by atoms with van der Waals surface area (Å²) in [5.41, 5.74) is 0.484. The Kier molecular flexibility index (Phi) is 7.60. The second-order valence-electron chi connectivity index (χ2n) is 7.12. The third kappa shape index (κ3) is 5.32. The number of anilines is 1. The minimum atomic E-state index is -0.547. The normalized spacial score (nSPS) is 13.7. The fourth-order valence-electron chi connectivity index (χ4n) is 3.38. The van der Waals surface area contributed by atoms with E-state index in [1.807, 2.05) is 0 Å². The lowest BCUT2D eigenvalue weighted by Gasteiger charge is -2.35. The van der Waals surface area contributed by atoms with Crippen LogP contribution in [-0.2, 0) is 4.74 Å². The number of ether oxygens (including phenoxy) is 1. The molecule has 32 heavy (non-hydrogen) atoms. The van der Waals surface area contributed by atoms with E-state index >= 15 is 0 Å². The van der Waals surface area contributed by atoms with E-state index in [1.165, 1.54) is 47.2 Å². The molecule has 1 aliphatic rings. The number of halogens is 2. The lowest BCUT2D eigenvalue weighted by atomic mass is 10.1. The topological polar surface area (TPSA) is 105 Å². The molecule has 1 saturated heterocycles. The highest BCUT2D eigenvalue weighted by Crippen LogP contribution is 2.26. The van der Waals surface area contributed by atoms with Crippen molar-refractivity contribution in [3.63, 3.8) is 0 Å². The van der Waals surface area contributed by atoms with Crippen molar-refractivity contribution >= 4 is 34.8 Å². The quantitative estimate of drug-likeness (QED) is 0.383. The minimum Gasteiger partial charge on any atom is -0.383 e. The number of rotatable bonds is 7. The first kappa shape index (κ1) is 23.4. The maximum atomic E-state index is 13.2. The molecule has 2 aromatic rings. The van der Waals surface area contributed by atoms with Crippen LogP contribution in [0, 0.1) is 15.9 Å². The van der Waals surface area contributed by atoms with Gasteiger partial charge in [0, 0.05) is 51.5 Å². The van der Waals surface area contributed by atoms with E-state index in [4.69, 9.17) is 16.3 Å². The zero-order valence-corrected chi connectivity index (χ0v) is 18.1. The number of nitrogens with one attached hydrogen (secondary N) is 1. The third-order valence-electron chi connectivity index (χ3n) is 5.08. The Morgan fingerprint density at radius 3 is 2.38 bits per heavy atom. The Labute approximate surface area is 188 Å². The van der Waals surface area contributed by atoms with Crippen molar-refractivity contribution in [3.8, 4) is 0 Å². The standard InChI is InChI=1S/C21H22ClFN4O5/c1-32-11-6-24-18-5-2-14(12-19(18)27(30)31)20(28)25-7-9-26(10-8-25)21(29)16-4-3-15(23)13-17(16)22/h2-5,12-13,24H,6-11H2,1H3. The van der Waals surface area contributed by atoms with Crippen LogP contribution in [0.5, 0.6) is 0 Å². The summed E-state index contributed by atoms with van der Waals surface area (Å²) in [5, 5.41) is 14.4. The summed E-state index contributed by atoms with van der Waals surface area (Å²) in [6, 6.07) is 7.85. The first-order chi connectivity index (χ1) is 15.3. The van der Waals surface area contributed by atoms with E-state index in [9.17, 15) is 24.1 Å². The van der Waals surface area contributed by atoms with Gasteiger partial charge in [0.15, 0.2) is 0 Å². The molecule has 11 heteroatoms. The summed E-state index contributed by atoms with van der Waals surface area (Å²) in [4.78, 5) is 39.5. The second-order valence-corrected chi connectivity index (χ2v) is 7.52. The summed E-state index contributed by atoms with van der Waals surface area (Å²) in [5.74, 6) is -1.23. The second kappa shape index (κ2) is 10.4. The smallest absolute Gasteiger partial charge is 0.293 e. The average molecular weight is 465 g/mol. The molecule has 0 unspecified atom stereocenters. The molecule has 3 rings (SSSR count). The van der Waals surface area contributed by atoms with Crippen molar-refractivity contribution in [2.24, 2.45) is 0 Å². The van der Waals surface area contributed by atoms with Crippen LogP contribution in [-0.4, -0.2) is 73.0 Å². The molecule has 2 aromatic carbocycles. The Hall–Kier alpha value is -3.24. The maximum Gasteiger partial charge on any atom is 0.293 e. The van der Waals surface area contributed by atoms with Crippen LogP contribution < -0.4 is 5.32 Å². The number of carbonyl (C=O) groups excluding carboxylic acids is 2. The molecule has 0 atom stereocenters. The zero-order chi connectivity index (χ0) is 23.3. The van der Waals surface area contributed by atoms with Crippen molar-refractivity contribution in [1.82, 2.24) is 9.80 Å². The van der Waals surface area contributed by atoms with Gasteiger partial charge in [-0.05, 0) is 30.3 Å². The SMILES string of the molecule is COCCNc1ccc(C(=O)N2CCN(C(=O)c3ccc(F)cc3Cl)CC2)cc1[N+](=O)[O-]. The fourth-order valence-corrected chi connectivity index (χ4v) is 3.63. The molecule has 1 N–H and O–H groups in total. The van der Waals surface area contributed by atoms with Crippen LogP contribution in [0.25, 0.3) is 0 Å². The van der Waals surface area contributed by atoms with Crippen molar-refractivity contribution in [2.75, 3.05) is 51.8 Å². The molecule has 2 amide bonds. The predicted octanol–water partition coefficient (Wildman–Crippen LogP) is 3.04. The van der Waals surface area contributed by atoms with Gasteiger partial charge in [-0.1, -0.05) is 11.6 Å². The summed E-state index contributed by atoms with van der Waals surface area (Å²) < 4.78 is 18.2. The molecule has 170 valence electrons. The van der Waals surface area contributed by atoms with Gasteiger partial charge in [0.05, 0.1) is 22.1 Å². The van der Waals surface area contributed by atoms with Crippen molar-refractivity contribution < 1.29 is 23.6 Å². The van der Waals surface area contributed by atoms with Crippen LogP contribution in [0.2, 0.25) is 5.02 Å². The predicted molar refractivity (Wildman–Crippen MR) is 117 cm³/mol. The zero-order valence-electron chi connectivity index (χ0n) is 17.3. The van der Waals surface area contributed by atoms with Gasteiger partial charge in [0.2, 0.25) is 0 Å². The van der Waals surface area contributed by atoms with Crippen LogP contribution in [0.1, 0.15) is 20.7 Å². The Morgan fingerprint density at radius 2 is 1.78 bits per heavy atom. The number of nitro benzene ring substituents is 1. The van der Waals surface area contributed by atoms with Gasteiger partial charge >= 0.3 is 0 Å². The number of nitrogens with zero attached hydrogens (tertiary/aromatic N) is 3. The Balaban J connectivity index is 1.66. The van der Waals surface area contributed by atoms with E-state index in [0.29, 0.717) is 18.8 Å². The first-order valence-corrected chi connectivity index (χ1v) is 10.2. The highest BCUT2D eigenvalue weighted by Gasteiger charge is 2.28. The van der Waals surface area contributed by atoms with E-state index in [1.54, 1.807) is 0 Å². The molecular formula is C21H22ClFN4O5. The molecule has 0 saturated carbocycles. The van der Waals surface area contributed by atoms with Gasteiger partial charge in [0.1, 0.15) is 11.5 Å². The van der Waals surface area contributed by atoms with Crippen molar-refractivity contribution in [1.29, 1.82) is 0 Å². The number of hydrogen-bond donors (Lipinski definition) is 1. The van der Waals surface area contributed by atoms with Gasteiger partial charge in [-0.3, -0.25) is 19.7 Å². The van der Waals surface area contributed by atoms with Gasteiger partial charge < -0.3 is 19.9 Å².